The number of rotatable bonds is 2. The van der Waals surface area contributed by atoms with E-state index in [0.29, 0.717) is 6.54 Å². The number of nitrogens with one attached hydrogen (secondary N) is 1. The van der Waals surface area contributed by atoms with E-state index in [1.54, 1.807) is 21.1 Å². The standard InChI is InChI=1S/C6H14N2O2/c1-8(2,3)6(10)7-4-5-9/h9H,4-5H2,1-3H3/p+1. The van der Waals surface area contributed by atoms with E-state index in [9.17, 15) is 4.79 Å². The molecule has 0 spiro atoms. The molecular weight excluding hydrogens is 132 g/mol. The van der Waals surface area contributed by atoms with Gasteiger partial charge in [-0.05, 0) is 0 Å². The molecule has 0 heterocycles. The van der Waals surface area contributed by atoms with Gasteiger partial charge in [-0.3, -0.25) is 0 Å². The summed E-state index contributed by atoms with van der Waals surface area (Å²) >= 11 is 0. The molecule has 0 rings (SSSR count). The molecule has 4 nitrogen and oxygen atoms in total. The van der Waals surface area contributed by atoms with Gasteiger partial charge in [-0.2, -0.15) is 0 Å². The quantitative estimate of drug-likeness (QED) is 0.512. The Morgan fingerprint density at radius 2 is 2.00 bits per heavy atom. The van der Waals surface area contributed by atoms with Crippen LogP contribution in [-0.2, 0) is 0 Å². The lowest BCUT2D eigenvalue weighted by atomic mass is 10.6. The van der Waals surface area contributed by atoms with Crippen molar-refractivity contribution >= 4 is 6.03 Å². The van der Waals surface area contributed by atoms with E-state index in [1.165, 1.54) is 0 Å². The van der Waals surface area contributed by atoms with Crippen molar-refractivity contribution in [3.8, 4) is 0 Å². The maximum Gasteiger partial charge on any atom is 0.416 e. The Morgan fingerprint density at radius 1 is 1.50 bits per heavy atom. The molecule has 2 amide bonds. The Labute approximate surface area is 61.0 Å². The van der Waals surface area contributed by atoms with E-state index in [-0.39, 0.29) is 17.1 Å². The molecule has 0 aliphatic heterocycles. The maximum absolute atomic E-state index is 11.0. The molecule has 0 radical (unpaired) electrons. The predicted octanol–water partition coefficient (Wildman–Crippen LogP) is -0.606. The number of aliphatic hydroxyl groups excluding tert-OH is 1. The highest BCUT2D eigenvalue weighted by Crippen LogP contribution is 1.89. The van der Waals surface area contributed by atoms with Crippen LogP contribution < -0.4 is 5.32 Å². The van der Waals surface area contributed by atoms with Crippen molar-refractivity contribution in [2.45, 2.75) is 0 Å². The van der Waals surface area contributed by atoms with Gasteiger partial charge in [-0.25, -0.2) is 9.28 Å². The summed E-state index contributed by atoms with van der Waals surface area (Å²) in [7, 11) is 5.31. The van der Waals surface area contributed by atoms with Crippen molar-refractivity contribution in [1.29, 1.82) is 0 Å². The third kappa shape index (κ3) is 3.42. The molecule has 4 heteroatoms. The van der Waals surface area contributed by atoms with Crippen LogP contribution in [0, 0.1) is 0 Å². The number of amides is 2. The zero-order chi connectivity index (χ0) is 8.20. The molecule has 0 aromatic carbocycles. The highest BCUT2D eigenvalue weighted by atomic mass is 16.3. The van der Waals surface area contributed by atoms with Gasteiger partial charge in [0, 0.05) is 6.54 Å². The van der Waals surface area contributed by atoms with Crippen LogP contribution >= 0.6 is 0 Å². The molecule has 0 unspecified atom stereocenters. The minimum Gasteiger partial charge on any atom is -0.395 e. The lowest BCUT2D eigenvalue weighted by Crippen LogP contribution is -2.48. The Kier molecular flexibility index (Phi) is 3.32. The highest BCUT2D eigenvalue weighted by Gasteiger charge is 2.18. The first-order chi connectivity index (χ1) is 4.48. The maximum atomic E-state index is 11.0. The summed E-state index contributed by atoms with van der Waals surface area (Å²) in [6.45, 7) is 0.320. The van der Waals surface area contributed by atoms with Gasteiger partial charge in [0.25, 0.3) is 0 Å². The fourth-order valence-corrected chi connectivity index (χ4v) is 0.400. The average Bonchev–Trinajstić information content (AvgIpc) is 1.80. The summed E-state index contributed by atoms with van der Waals surface area (Å²) < 4.78 is 0.236. The van der Waals surface area contributed by atoms with Gasteiger partial charge in [0.05, 0.1) is 27.7 Å². The lowest BCUT2D eigenvalue weighted by molar-refractivity contribution is -0.787. The number of carbonyl (C=O) groups is 1. The summed E-state index contributed by atoms with van der Waals surface area (Å²) in [6, 6.07) is -0.0888. The molecule has 0 saturated carbocycles. The van der Waals surface area contributed by atoms with Crippen LogP contribution in [0.25, 0.3) is 0 Å². The zero-order valence-electron chi connectivity index (χ0n) is 6.72. The van der Waals surface area contributed by atoms with E-state index < -0.39 is 0 Å². The second-order valence-electron chi connectivity index (χ2n) is 2.97. The van der Waals surface area contributed by atoms with Gasteiger partial charge in [0.15, 0.2) is 0 Å². The Bertz CT molecular complexity index is 117. The normalized spacial score (nSPS) is 11.2. The highest BCUT2D eigenvalue weighted by molar-refractivity contribution is 5.66. The van der Waals surface area contributed by atoms with Crippen LogP contribution in [0.2, 0.25) is 0 Å². The van der Waals surface area contributed by atoms with Crippen LogP contribution in [0.4, 0.5) is 4.79 Å². The van der Waals surface area contributed by atoms with Gasteiger partial charge < -0.3 is 10.4 Å². The second kappa shape index (κ2) is 3.53. The molecule has 0 saturated heterocycles. The smallest absolute Gasteiger partial charge is 0.395 e. The molecule has 0 aromatic rings. The molecule has 0 atom stereocenters. The number of hydrogen-bond donors (Lipinski definition) is 2. The van der Waals surface area contributed by atoms with E-state index in [2.05, 4.69) is 5.32 Å². The number of carbonyl (C=O) groups excluding carboxylic acids is 1. The number of quaternary nitrogens is 1. The van der Waals surface area contributed by atoms with Gasteiger partial charge in [-0.15, -0.1) is 0 Å². The topological polar surface area (TPSA) is 49.3 Å². The molecule has 60 valence electrons. The molecule has 0 bridgehead atoms. The monoisotopic (exact) mass is 147 g/mol. The summed E-state index contributed by atoms with van der Waals surface area (Å²) in [5.74, 6) is 0. The minimum absolute atomic E-state index is 0.00819. The molecular formula is C6H15N2O2+. The summed E-state index contributed by atoms with van der Waals surface area (Å²) in [5, 5.41) is 10.9. The van der Waals surface area contributed by atoms with Crippen LogP contribution in [0.5, 0.6) is 0 Å². The minimum atomic E-state index is -0.0888. The fourth-order valence-electron chi connectivity index (χ4n) is 0.400. The van der Waals surface area contributed by atoms with Crippen molar-refractivity contribution in [2.24, 2.45) is 0 Å². The molecule has 0 aliphatic carbocycles. The molecule has 0 fully saturated rings. The van der Waals surface area contributed by atoms with Crippen LogP contribution in [-0.4, -0.2) is 49.9 Å². The zero-order valence-corrected chi connectivity index (χ0v) is 6.72. The van der Waals surface area contributed by atoms with E-state index in [1.807, 2.05) is 0 Å². The fraction of sp³-hybridized carbons (Fsp3) is 0.833. The van der Waals surface area contributed by atoms with E-state index >= 15 is 0 Å². The van der Waals surface area contributed by atoms with E-state index in [4.69, 9.17) is 5.11 Å². The Morgan fingerprint density at radius 3 is 2.30 bits per heavy atom. The number of urea groups is 1. The van der Waals surface area contributed by atoms with Gasteiger partial charge in [0.2, 0.25) is 0 Å². The van der Waals surface area contributed by atoms with Crippen LogP contribution in [0.3, 0.4) is 0 Å². The summed E-state index contributed by atoms with van der Waals surface area (Å²) in [4.78, 5) is 11.0. The van der Waals surface area contributed by atoms with Crippen molar-refractivity contribution in [1.82, 2.24) is 5.32 Å². The number of hydrogen-bond acceptors (Lipinski definition) is 2. The van der Waals surface area contributed by atoms with Gasteiger partial charge >= 0.3 is 6.03 Å². The van der Waals surface area contributed by atoms with Crippen molar-refractivity contribution in [3.05, 3.63) is 0 Å². The van der Waals surface area contributed by atoms with Gasteiger partial charge in [0.1, 0.15) is 0 Å². The second-order valence-corrected chi connectivity index (χ2v) is 2.97. The first-order valence-corrected chi connectivity index (χ1v) is 3.19. The van der Waals surface area contributed by atoms with Crippen molar-refractivity contribution in [2.75, 3.05) is 34.3 Å². The van der Waals surface area contributed by atoms with Crippen molar-refractivity contribution < 1.29 is 14.4 Å². The Hall–Kier alpha value is -0.610. The molecule has 0 aliphatic rings. The average molecular weight is 147 g/mol. The molecule has 0 aromatic heterocycles. The van der Waals surface area contributed by atoms with Crippen LogP contribution in [0.15, 0.2) is 0 Å². The van der Waals surface area contributed by atoms with Gasteiger partial charge in [-0.1, -0.05) is 0 Å². The number of nitrogens with zero attached hydrogens (tertiary/aromatic N) is 1. The third-order valence-corrected chi connectivity index (χ3v) is 0.997. The first-order valence-electron chi connectivity index (χ1n) is 3.19. The predicted molar refractivity (Wildman–Crippen MR) is 38.5 cm³/mol. The van der Waals surface area contributed by atoms with Crippen molar-refractivity contribution in [3.63, 3.8) is 0 Å². The molecule has 10 heavy (non-hydrogen) atoms. The number of aliphatic hydroxyl groups is 1. The largest absolute Gasteiger partial charge is 0.416 e. The first kappa shape index (κ1) is 9.39. The van der Waals surface area contributed by atoms with E-state index in [0.717, 1.165) is 0 Å². The lowest BCUT2D eigenvalue weighted by Gasteiger charge is -2.20. The SMILES string of the molecule is C[N+](C)(C)C(=O)NCCO. The third-order valence-electron chi connectivity index (χ3n) is 0.997. The van der Waals surface area contributed by atoms with Crippen LogP contribution in [0.1, 0.15) is 0 Å². The molecule has 2 N–H and O–H groups in total. The summed E-state index contributed by atoms with van der Waals surface area (Å²) in [5.41, 5.74) is 0. The summed E-state index contributed by atoms with van der Waals surface area (Å²) in [6.07, 6.45) is 0. The Balaban J connectivity index is 3.64.